The molecule has 29 nitrogen and oxygen atoms in total. The quantitative estimate of drug-likeness (QED) is 0.0187. The number of anilines is 2. The standard InChI is InChI=1S/C69H92N12O17/c1-11-89-28-52-74-58-51(71-48-23-17-14-20-45(48)61(58)79(52)34-66(4,5)86)26-44(82)27-93-41-96-38-69(39-97-42-94-31-55(83)70-10,37-92-32-56(84)77-64-59-62(46-21-15-18-24-49(46)72-64)80(35-67(6,7)87)53(75-59)29-90-12-2)40-98-43-95-33-57(85)78-65-60-63(47-22-16-19-25-50(47)73-65)81(36-68(8,9)88)54(76-60)30-91-13-3/h14-25,58,61,86-88H,11-13,26-43H2,1-10H3,(H,70,83)(H,72,77,84)(H,73,78,85). The van der Waals surface area contributed by atoms with Crippen LogP contribution in [0.5, 0.6) is 0 Å². The van der Waals surface area contributed by atoms with Gasteiger partial charge in [0.25, 0.3) is 11.8 Å². The summed E-state index contributed by atoms with van der Waals surface area (Å²) < 4.78 is 62.9. The number of nitrogens with zero attached hydrogens (tertiary/aromatic N) is 9. The van der Waals surface area contributed by atoms with E-state index in [1.54, 1.807) is 41.5 Å². The van der Waals surface area contributed by atoms with Gasteiger partial charge in [0, 0.05) is 56.2 Å². The predicted octanol–water partition coefficient (Wildman–Crippen LogP) is 6.07. The van der Waals surface area contributed by atoms with Crippen LogP contribution in [0, 0.1) is 5.41 Å². The van der Waals surface area contributed by atoms with E-state index in [2.05, 4.69) is 16.0 Å². The van der Waals surface area contributed by atoms with E-state index in [1.165, 1.54) is 7.05 Å². The number of carbonyl (C=O) groups excluding carboxylic acids is 4. The maximum absolute atomic E-state index is 14.2. The molecule has 3 amide bonds. The van der Waals surface area contributed by atoms with Crippen LogP contribution in [0.4, 0.5) is 17.3 Å². The zero-order valence-electron chi connectivity index (χ0n) is 57.5. The number of pyridine rings is 2. The van der Waals surface area contributed by atoms with Crippen molar-refractivity contribution in [1.29, 1.82) is 0 Å². The van der Waals surface area contributed by atoms with Crippen LogP contribution in [0.15, 0.2) is 82.8 Å². The normalized spacial score (nSPS) is 15.6. The number of likely N-dealkylation sites (N-methyl/N-ethyl adjacent to an activating group) is 1. The lowest BCUT2D eigenvalue weighted by Gasteiger charge is -2.37. The summed E-state index contributed by atoms with van der Waals surface area (Å²) in [6, 6.07) is 21.6. The van der Waals surface area contributed by atoms with Crippen LogP contribution >= 0.6 is 0 Å². The molecule has 3 aromatic carbocycles. The molecule has 530 valence electrons. The lowest BCUT2D eigenvalue weighted by Crippen LogP contribution is -2.46. The van der Waals surface area contributed by atoms with E-state index in [0.29, 0.717) is 81.8 Å². The molecule has 9 rings (SSSR count). The van der Waals surface area contributed by atoms with Crippen LogP contribution in [0.1, 0.15) is 92.0 Å². The Balaban J connectivity index is 0.924. The molecule has 0 bridgehead atoms. The first-order chi connectivity index (χ1) is 46.9. The fourth-order valence-corrected chi connectivity index (χ4v) is 11.7. The number of carbonyl (C=O) groups is 4. The van der Waals surface area contributed by atoms with Gasteiger partial charge in [0.2, 0.25) is 5.91 Å². The van der Waals surface area contributed by atoms with Crippen molar-refractivity contribution < 1.29 is 81.9 Å². The summed E-state index contributed by atoms with van der Waals surface area (Å²) in [5, 5.41) is 42.8. The van der Waals surface area contributed by atoms with Gasteiger partial charge in [0.1, 0.15) is 101 Å². The largest absolute Gasteiger partial charge is 0.389 e. The molecule has 7 aromatic rings. The highest BCUT2D eigenvalue weighted by molar-refractivity contribution is 6.12. The van der Waals surface area contributed by atoms with E-state index in [-0.39, 0.29) is 116 Å². The minimum Gasteiger partial charge on any atom is -0.389 e. The van der Waals surface area contributed by atoms with Crippen molar-refractivity contribution in [2.75, 3.05) is 124 Å². The zero-order chi connectivity index (χ0) is 70.2. The van der Waals surface area contributed by atoms with Crippen LogP contribution in [-0.2, 0) is 92.9 Å². The highest BCUT2D eigenvalue weighted by atomic mass is 16.7. The van der Waals surface area contributed by atoms with Crippen molar-refractivity contribution in [2.45, 2.75) is 124 Å². The average Bonchev–Trinajstić information content (AvgIpc) is 1.59. The monoisotopic (exact) mass is 1360 g/mol. The van der Waals surface area contributed by atoms with E-state index in [0.717, 1.165) is 16.3 Å². The number of rotatable bonds is 41. The van der Waals surface area contributed by atoms with Crippen molar-refractivity contribution >= 4 is 96.2 Å². The third kappa shape index (κ3) is 19.7. The Bertz CT molecular complexity index is 3970. The molecule has 0 aliphatic carbocycles. The summed E-state index contributed by atoms with van der Waals surface area (Å²) in [5.41, 5.74) is 0.576. The smallest absolute Gasteiger partial charge is 0.251 e. The Kier molecular flexibility index (Phi) is 25.6. The van der Waals surface area contributed by atoms with Gasteiger partial charge in [0.15, 0.2) is 17.4 Å². The number of amidine groups is 1. The number of nitrogens with one attached hydrogen (secondary N) is 3. The van der Waals surface area contributed by atoms with Gasteiger partial charge < -0.3 is 92.7 Å². The number of hydrogen-bond acceptors (Lipinski definition) is 24. The molecule has 0 spiro atoms. The van der Waals surface area contributed by atoms with Gasteiger partial charge in [0.05, 0.1) is 101 Å². The lowest BCUT2D eigenvalue weighted by molar-refractivity contribution is -0.175. The number of benzene rings is 3. The molecule has 2 aliphatic rings. The summed E-state index contributed by atoms with van der Waals surface area (Å²) >= 11 is 0. The number of hydrogen-bond donors (Lipinski definition) is 6. The summed E-state index contributed by atoms with van der Waals surface area (Å²) in [5.74, 6) is 0.0905. The average molecular weight is 1360 g/mol. The molecule has 0 radical (unpaired) electrons. The number of ether oxygens (including phenoxy) is 10. The first-order valence-corrected chi connectivity index (χ1v) is 32.7. The second kappa shape index (κ2) is 33.8. The highest BCUT2D eigenvalue weighted by Gasteiger charge is 2.45. The van der Waals surface area contributed by atoms with Gasteiger partial charge in [-0.1, -0.05) is 54.6 Å². The molecule has 0 saturated carbocycles. The third-order valence-electron chi connectivity index (χ3n) is 15.7. The molecular weight excluding hydrogens is 1270 g/mol. The Labute approximate surface area is 568 Å². The maximum Gasteiger partial charge on any atom is 0.251 e. The molecule has 0 fully saturated rings. The molecule has 0 saturated heterocycles. The van der Waals surface area contributed by atoms with Crippen molar-refractivity contribution in [2.24, 2.45) is 15.4 Å². The lowest BCUT2D eigenvalue weighted by atomic mass is 9.89. The number of amides is 3. The Hall–Kier alpha value is -7.88. The minimum atomic E-state index is -1.33. The van der Waals surface area contributed by atoms with Gasteiger partial charge >= 0.3 is 0 Å². The van der Waals surface area contributed by atoms with Crippen LogP contribution in [0.2, 0.25) is 0 Å². The molecule has 6 heterocycles. The number of ketones is 1. The topological polar surface area (TPSA) is 347 Å². The third-order valence-corrected chi connectivity index (χ3v) is 15.7. The number of para-hydroxylation sites is 3. The van der Waals surface area contributed by atoms with E-state index >= 15 is 0 Å². The van der Waals surface area contributed by atoms with Gasteiger partial charge in [-0.05, 0) is 80.5 Å². The number of fused-ring (bicyclic) bond motifs is 9. The number of aliphatic imine (C=N–C) groups is 2. The second-order valence-electron chi connectivity index (χ2n) is 26.1. The summed E-state index contributed by atoms with van der Waals surface area (Å²) in [6.45, 7) is 14.2. The molecule has 29 heteroatoms. The minimum absolute atomic E-state index is 0.101. The molecule has 3 unspecified atom stereocenters. The van der Waals surface area contributed by atoms with E-state index in [4.69, 9.17) is 77.3 Å². The van der Waals surface area contributed by atoms with Crippen molar-refractivity contribution in [1.82, 2.24) is 39.3 Å². The fraction of sp³-hybridized carbons (Fsp3) is 0.536. The Morgan fingerprint density at radius 3 is 1.47 bits per heavy atom. The molecule has 3 atom stereocenters. The molecule has 6 N–H and O–H groups in total. The first-order valence-electron chi connectivity index (χ1n) is 32.7. The molecule has 2 aliphatic heterocycles. The number of β-amino-alcohol motifs (C(OH)–C–C–N with tert-alkyl or cyclic N) is 1. The number of aliphatic hydroxyl groups is 3. The SMILES string of the molecule is CCOCC1=NC2C(CC(=O)COCOCC(COCOCC(=O)NC)(COCOCC(=O)Nc3nc4ccccc4c4c3nc(COCC)n4CC(C)(C)O)COCC(=O)Nc3nc4ccccc4c4c3nc(COCC)n4CC(C)(C)O)=Nc3ccccc3C2N1CC(C)(C)O. The van der Waals surface area contributed by atoms with E-state index in [1.807, 2.05) is 108 Å². The number of aromatic nitrogens is 6. The van der Waals surface area contributed by atoms with Gasteiger partial charge in [-0.25, -0.2) is 19.9 Å². The predicted molar refractivity (Wildman–Crippen MR) is 365 cm³/mol. The van der Waals surface area contributed by atoms with Crippen molar-refractivity contribution in [3.63, 3.8) is 0 Å². The molecule has 4 aromatic heterocycles. The van der Waals surface area contributed by atoms with Crippen molar-refractivity contribution in [3.05, 3.63) is 90.0 Å². The van der Waals surface area contributed by atoms with E-state index < -0.39 is 72.8 Å². The van der Waals surface area contributed by atoms with Gasteiger partial charge in [-0.3, -0.25) is 29.2 Å². The fourth-order valence-electron chi connectivity index (χ4n) is 11.7. The summed E-state index contributed by atoms with van der Waals surface area (Å²) in [7, 11) is 1.47. The van der Waals surface area contributed by atoms with Crippen LogP contribution in [-0.4, -0.2) is 220 Å². The van der Waals surface area contributed by atoms with E-state index in [9.17, 15) is 34.5 Å². The highest BCUT2D eigenvalue weighted by Crippen LogP contribution is 2.43. The molecular formula is C69H92N12O17. The molecule has 98 heavy (non-hydrogen) atoms. The Morgan fingerprint density at radius 1 is 0.520 bits per heavy atom. The first kappa shape index (κ1) is 74.3. The number of imidazole rings is 2. The van der Waals surface area contributed by atoms with Crippen LogP contribution in [0.25, 0.3) is 43.9 Å². The van der Waals surface area contributed by atoms with Gasteiger partial charge in [-0.2, -0.15) is 0 Å². The maximum atomic E-state index is 14.2. The van der Waals surface area contributed by atoms with Crippen molar-refractivity contribution in [3.8, 4) is 0 Å². The zero-order valence-corrected chi connectivity index (χ0v) is 57.5. The Morgan fingerprint density at radius 2 is 0.969 bits per heavy atom. The number of Topliss-reactive ketones (excluding diaryl/α,β-unsaturated/α-hetero) is 1. The summed E-state index contributed by atoms with van der Waals surface area (Å²) in [6.07, 6.45) is -0.101. The van der Waals surface area contributed by atoms with Gasteiger partial charge in [-0.15, -0.1) is 0 Å². The van der Waals surface area contributed by atoms with Crippen LogP contribution < -0.4 is 16.0 Å². The second-order valence-corrected chi connectivity index (χ2v) is 26.1. The van der Waals surface area contributed by atoms with Crippen LogP contribution in [0.3, 0.4) is 0 Å². The summed E-state index contributed by atoms with van der Waals surface area (Å²) in [4.78, 5) is 85.4.